The lowest BCUT2D eigenvalue weighted by Gasteiger charge is -2.32. The van der Waals surface area contributed by atoms with Gasteiger partial charge in [-0.3, -0.25) is 9.88 Å². The molecule has 0 spiro atoms. The molecule has 0 bridgehead atoms. The van der Waals surface area contributed by atoms with Crippen molar-refractivity contribution in [3.63, 3.8) is 0 Å². The van der Waals surface area contributed by atoms with Gasteiger partial charge in [0.25, 0.3) is 0 Å². The lowest BCUT2D eigenvalue weighted by molar-refractivity contribution is 0.211. The zero-order chi connectivity index (χ0) is 27.5. The van der Waals surface area contributed by atoms with Crippen LogP contribution >= 0.6 is 0 Å². The molecule has 9 nitrogen and oxygen atoms in total. The average Bonchev–Trinajstić information content (AvgIpc) is 3.37. The van der Waals surface area contributed by atoms with E-state index >= 15 is 0 Å². The van der Waals surface area contributed by atoms with E-state index in [0.717, 1.165) is 66.0 Å². The number of nitrogen functional groups attached to an aromatic ring is 1. The summed E-state index contributed by atoms with van der Waals surface area (Å²) in [5.41, 5.74) is 12.3. The Kier molecular flexibility index (Phi) is 6.91. The van der Waals surface area contributed by atoms with Gasteiger partial charge in [-0.05, 0) is 66.9 Å². The number of hydrogen-bond donors (Lipinski definition) is 2. The molecule has 1 fully saturated rings. The lowest BCUT2D eigenvalue weighted by atomic mass is 10.0. The summed E-state index contributed by atoms with van der Waals surface area (Å²) in [6, 6.07) is 20.9. The molecule has 0 saturated carbocycles. The van der Waals surface area contributed by atoms with E-state index in [4.69, 9.17) is 11.0 Å². The molecule has 198 valence electrons. The number of anilines is 2. The molecule has 5 heterocycles. The highest BCUT2D eigenvalue weighted by Crippen LogP contribution is 2.34. The van der Waals surface area contributed by atoms with E-state index in [1.165, 1.54) is 5.56 Å². The zero-order valence-corrected chi connectivity index (χ0v) is 22.0. The molecule has 0 aliphatic carbocycles. The van der Waals surface area contributed by atoms with Crippen molar-refractivity contribution in [1.29, 1.82) is 5.26 Å². The number of nitrogens with zero attached hydrogens (tertiary/aromatic N) is 7. The number of fused-ring (bicyclic) bond motifs is 1. The third-order valence-electron chi connectivity index (χ3n) is 7.33. The van der Waals surface area contributed by atoms with Crippen molar-refractivity contribution in [1.82, 2.24) is 29.4 Å². The van der Waals surface area contributed by atoms with E-state index in [1.54, 1.807) is 18.5 Å². The number of nitrogens with one attached hydrogen (secondary N) is 1. The minimum Gasteiger partial charge on any atom is -0.383 e. The SMILES string of the molecule is C=Cc1cc2c(cn1)cc(-c1cccnc1N)n2-c1ccc(CN2CCC(Nc3ccnc(C#N)n3)CC2)cc1. The number of benzene rings is 1. The van der Waals surface area contributed by atoms with Gasteiger partial charge in [0, 0.05) is 60.9 Å². The molecule has 9 heteroatoms. The van der Waals surface area contributed by atoms with Gasteiger partial charge < -0.3 is 15.6 Å². The molecule has 3 N–H and O–H groups in total. The fraction of sp³-hybridized carbons (Fsp3) is 0.194. The number of pyridine rings is 2. The third-order valence-corrected chi connectivity index (χ3v) is 7.33. The Morgan fingerprint density at radius 1 is 1.05 bits per heavy atom. The van der Waals surface area contributed by atoms with Gasteiger partial charge in [0.1, 0.15) is 17.7 Å². The zero-order valence-electron chi connectivity index (χ0n) is 22.0. The summed E-state index contributed by atoms with van der Waals surface area (Å²) in [6.07, 6.45) is 8.97. The number of piperidine rings is 1. The average molecular weight is 528 g/mol. The number of rotatable bonds is 7. The van der Waals surface area contributed by atoms with Crippen LogP contribution in [-0.2, 0) is 6.54 Å². The van der Waals surface area contributed by atoms with Crippen LogP contribution in [0.2, 0.25) is 0 Å². The van der Waals surface area contributed by atoms with Gasteiger partial charge in [-0.2, -0.15) is 5.26 Å². The van der Waals surface area contributed by atoms with Crippen molar-refractivity contribution in [2.75, 3.05) is 24.1 Å². The molecule has 1 aliphatic rings. The van der Waals surface area contributed by atoms with Crippen molar-refractivity contribution >= 4 is 28.6 Å². The maximum absolute atomic E-state index is 9.03. The monoisotopic (exact) mass is 527 g/mol. The summed E-state index contributed by atoms with van der Waals surface area (Å²) in [6.45, 7) is 6.75. The molecule has 0 amide bonds. The van der Waals surface area contributed by atoms with Crippen molar-refractivity contribution in [3.8, 4) is 23.0 Å². The maximum Gasteiger partial charge on any atom is 0.234 e. The fourth-order valence-corrected chi connectivity index (χ4v) is 5.29. The highest BCUT2D eigenvalue weighted by atomic mass is 15.1. The normalized spacial score (nSPS) is 14.2. The highest BCUT2D eigenvalue weighted by molar-refractivity contribution is 5.91. The van der Waals surface area contributed by atoms with Gasteiger partial charge >= 0.3 is 0 Å². The Morgan fingerprint density at radius 3 is 2.62 bits per heavy atom. The highest BCUT2D eigenvalue weighted by Gasteiger charge is 2.20. The summed E-state index contributed by atoms with van der Waals surface area (Å²) in [7, 11) is 0. The first kappa shape index (κ1) is 25.2. The fourth-order valence-electron chi connectivity index (χ4n) is 5.29. The van der Waals surface area contributed by atoms with Crippen LogP contribution in [0.15, 0.2) is 79.8 Å². The van der Waals surface area contributed by atoms with Crippen molar-refractivity contribution in [3.05, 3.63) is 96.8 Å². The molecule has 1 saturated heterocycles. The van der Waals surface area contributed by atoms with Crippen LogP contribution in [0, 0.1) is 11.3 Å². The Morgan fingerprint density at radius 2 is 1.88 bits per heavy atom. The molecule has 5 aromatic rings. The minimum absolute atomic E-state index is 0.188. The first-order chi connectivity index (χ1) is 19.6. The largest absolute Gasteiger partial charge is 0.383 e. The topological polar surface area (TPSA) is 122 Å². The van der Waals surface area contributed by atoms with Crippen LogP contribution in [0.5, 0.6) is 0 Å². The molecule has 0 unspecified atom stereocenters. The molecule has 1 aliphatic heterocycles. The number of nitriles is 1. The van der Waals surface area contributed by atoms with Gasteiger partial charge in [0.15, 0.2) is 0 Å². The van der Waals surface area contributed by atoms with E-state index in [2.05, 4.69) is 71.6 Å². The van der Waals surface area contributed by atoms with Gasteiger partial charge in [0.05, 0.1) is 16.9 Å². The Bertz CT molecular complexity index is 1710. The molecular weight excluding hydrogens is 498 g/mol. The summed E-state index contributed by atoms with van der Waals surface area (Å²) in [5, 5.41) is 13.5. The van der Waals surface area contributed by atoms with Crippen LogP contribution in [0.25, 0.3) is 33.9 Å². The van der Waals surface area contributed by atoms with Crippen LogP contribution in [0.3, 0.4) is 0 Å². The van der Waals surface area contributed by atoms with E-state index in [9.17, 15) is 0 Å². The Hall–Kier alpha value is -5.07. The molecule has 4 aromatic heterocycles. The van der Waals surface area contributed by atoms with Crippen LogP contribution < -0.4 is 11.1 Å². The molecule has 0 atom stereocenters. The standard InChI is InChI=1S/C31H29N9/c1-2-23-17-27-22(19-36-23)16-28(26-4-3-12-35-31(26)33)40(27)25-7-5-21(6-8-25)20-39-14-10-24(11-15-39)37-29-9-13-34-30(18-32)38-29/h2-9,12-13,16-17,19,24H,1,10-11,14-15,20H2,(H2,33,35)(H,34,37,38). The third kappa shape index (κ3) is 5.13. The Balaban J connectivity index is 1.19. The van der Waals surface area contributed by atoms with Crippen molar-refractivity contribution in [2.45, 2.75) is 25.4 Å². The molecule has 6 rings (SSSR count). The molecular formula is C31H29N9. The van der Waals surface area contributed by atoms with Gasteiger partial charge in [-0.1, -0.05) is 18.7 Å². The van der Waals surface area contributed by atoms with Crippen molar-refractivity contribution in [2.24, 2.45) is 0 Å². The van der Waals surface area contributed by atoms with Gasteiger partial charge in [-0.25, -0.2) is 15.0 Å². The lowest BCUT2D eigenvalue weighted by Crippen LogP contribution is -2.38. The number of hydrogen-bond acceptors (Lipinski definition) is 8. The quantitative estimate of drug-likeness (QED) is 0.302. The first-order valence-electron chi connectivity index (χ1n) is 13.3. The summed E-state index contributed by atoms with van der Waals surface area (Å²) < 4.78 is 2.21. The van der Waals surface area contributed by atoms with Crippen LogP contribution in [0.4, 0.5) is 11.6 Å². The van der Waals surface area contributed by atoms with E-state index in [-0.39, 0.29) is 5.82 Å². The number of likely N-dealkylation sites (tertiary alicyclic amines) is 1. The maximum atomic E-state index is 9.03. The molecule has 1 aromatic carbocycles. The first-order valence-corrected chi connectivity index (χ1v) is 13.3. The summed E-state index contributed by atoms with van der Waals surface area (Å²) in [5.74, 6) is 1.39. The summed E-state index contributed by atoms with van der Waals surface area (Å²) >= 11 is 0. The second-order valence-electron chi connectivity index (χ2n) is 9.91. The van der Waals surface area contributed by atoms with Crippen molar-refractivity contribution < 1.29 is 0 Å². The number of aromatic nitrogens is 5. The second kappa shape index (κ2) is 11.0. The number of nitrogens with two attached hydrogens (primary N) is 1. The predicted molar refractivity (Wildman–Crippen MR) is 157 cm³/mol. The van der Waals surface area contributed by atoms with E-state index < -0.39 is 0 Å². The smallest absolute Gasteiger partial charge is 0.234 e. The Labute approximate surface area is 232 Å². The predicted octanol–water partition coefficient (Wildman–Crippen LogP) is 5.05. The van der Waals surface area contributed by atoms with Gasteiger partial charge in [-0.15, -0.1) is 0 Å². The minimum atomic E-state index is 0.188. The van der Waals surface area contributed by atoms with Gasteiger partial charge in [0.2, 0.25) is 5.82 Å². The van der Waals surface area contributed by atoms with E-state index in [1.807, 2.05) is 36.5 Å². The molecule has 40 heavy (non-hydrogen) atoms. The molecule has 0 radical (unpaired) electrons. The van der Waals surface area contributed by atoms with Crippen LogP contribution in [-0.4, -0.2) is 48.5 Å². The summed E-state index contributed by atoms with van der Waals surface area (Å²) in [4.78, 5) is 19.5. The van der Waals surface area contributed by atoms with Crippen LogP contribution in [0.1, 0.15) is 29.9 Å². The van der Waals surface area contributed by atoms with E-state index in [0.29, 0.717) is 17.7 Å². The second-order valence-corrected chi connectivity index (χ2v) is 9.91.